The van der Waals surface area contributed by atoms with E-state index in [4.69, 9.17) is 4.74 Å². The second-order valence-corrected chi connectivity index (χ2v) is 7.31. The number of rotatable bonds is 5. The average molecular weight is 267 g/mol. The van der Waals surface area contributed by atoms with Crippen molar-refractivity contribution in [2.45, 2.75) is 65.4 Å². The highest BCUT2D eigenvalue weighted by Crippen LogP contribution is 2.36. The highest BCUT2D eigenvalue weighted by Gasteiger charge is 2.34. The quantitative estimate of drug-likeness (QED) is 0.817. The molecule has 2 fully saturated rings. The van der Waals surface area contributed by atoms with E-state index in [1.54, 1.807) is 0 Å². The summed E-state index contributed by atoms with van der Waals surface area (Å²) >= 11 is 0. The van der Waals surface area contributed by atoms with Crippen molar-refractivity contribution in [3.8, 4) is 0 Å². The van der Waals surface area contributed by atoms with Crippen LogP contribution in [-0.4, -0.2) is 25.8 Å². The molecule has 0 aromatic rings. The van der Waals surface area contributed by atoms with Gasteiger partial charge in [-0.3, -0.25) is 0 Å². The maximum Gasteiger partial charge on any atom is 0.0643 e. The van der Waals surface area contributed by atoms with Crippen LogP contribution < -0.4 is 5.32 Å². The van der Waals surface area contributed by atoms with E-state index in [0.29, 0.717) is 6.10 Å². The van der Waals surface area contributed by atoms with Gasteiger partial charge in [0.15, 0.2) is 0 Å². The Morgan fingerprint density at radius 3 is 2.53 bits per heavy atom. The molecule has 112 valence electrons. The molecule has 19 heavy (non-hydrogen) atoms. The maximum atomic E-state index is 6.18. The molecule has 1 saturated heterocycles. The standard InChI is InChI=1S/C17H33NO/c1-13(2)11-18-12-16-5-4-10-19-17(16)15-8-6-14(3)7-9-15/h13-18H,4-12H2,1-3H3. The Labute approximate surface area is 119 Å². The van der Waals surface area contributed by atoms with Crippen LogP contribution in [0.4, 0.5) is 0 Å². The van der Waals surface area contributed by atoms with Gasteiger partial charge in [-0.1, -0.05) is 33.6 Å². The van der Waals surface area contributed by atoms with Gasteiger partial charge < -0.3 is 10.1 Å². The summed E-state index contributed by atoms with van der Waals surface area (Å²) in [5.74, 6) is 3.28. The molecule has 1 heterocycles. The molecule has 2 nitrogen and oxygen atoms in total. The van der Waals surface area contributed by atoms with Gasteiger partial charge in [-0.15, -0.1) is 0 Å². The first-order valence-electron chi connectivity index (χ1n) is 8.49. The molecule has 0 aromatic heterocycles. The summed E-state index contributed by atoms with van der Waals surface area (Å²) in [7, 11) is 0. The Hall–Kier alpha value is -0.0800. The van der Waals surface area contributed by atoms with Crippen molar-refractivity contribution < 1.29 is 4.74 Å². The van der Waals surface area contributed by atoms with Crippen LogP contribution in [0.1, 0.15) is 59.3 Å². The molecule has 1 aliphatic heterocycles. The summed E-state index contributed by atoms with van der Waals surface area (Å²) in [5, 5.41) is 3.65. The Bertz CT molecular complexity index is 246. The van der Waals surface area contributed by atoms with E-state index in [0.717, 1.165) is 43.4 Å². The van der Waals surface area contributed by atoms with E-state index >= 15 is 0 Å². The first-order valence-corrected chi connectivity index (χ1v) is 8.49. The summed E-state index contributed by atoms with van der Waals surface area (Å²) in [5.41, 5.74) is 0. The van der Waals surface area contributed by atoms with Crippen molar-refractivity contribution in [1.29, 1.82) is 0 Å². The summed E-state index contributed by atoms with van der Waals surface area (Å²) in [6.45, 7) is 10.3. The van der Waals surface area contributed by atoms with Gasteiger partial charge in [0.05, 0.1) is 6.10 Å². The number of nitrogens with one attached hydrogen (secondary N) is 1. The van der Waals surface area contributed by atoms with E-state index < -0.39 is 0 Å². The highest BCUT2D eigenvalue weighted by molar-refractivity contribution is 4.85. The smallest absolute Gasteiger partial charge is 0.0643 e. The van der Waals surface area contributed by atoms with Crippen LogP contribution in [0.3, 0.4) is 0 Å². The topological polar surface area (TPSA) is 21.3 Å². The first kappa shape index (κ1) is 15.3. The third-order valence-electron chi connectivity index (χ3n) is 4.98. The summed E-state index contributed by atoms with van der Waals surface area (Å²) < 4.78 is 6.18. The number of hydrogen-bond donors (Lipinski definition) is 1. The van der Waals surface area contributed by atoms with Crippen molar-refractivity contribution >= 4 is 0 Å². The van der Waals surface area contributed by atoms with Crippen LogP contribution in [0.5, 0.6) is 0 Å². The summed E-state index contributed by atoms with van der Waals surface area (Å²) in [6, 6.07) is 0. The maximum absolute atomic E-state index is 6.18. The molecule has 0 spiro atoms. The van der Waals surface area contributed by atoms with Gasteiger partial charge in [-0.05, 0) is 55.9 Å². The molecule has 2 heteroatoms. The van der Waals surface area contributed by atoms with Crippen LogP contribution >= 0.6 is 0 Å². The number of hydrogen-bond acceptors (Lipinski definition) is 2. The van der Waals surface area contributed by atoms with E-state index in [1.165, 1.54) is 38.5 Å². The molecule has 2 atom stereocenters. The van der Waals surface area contributed by atoms with Crippen molar-refractivity contribution in [2.75, 3.05) is 19.7 Å². The van der Waals surface area contributed by atoms with Crippen LogP contribution in [0.15, 0.2) is 0 Å². The summed E-state index contributed by atoms with van der Waals surface area (Å²) in [4.78, 5) is 0. The zero-order valence-corrected chi connectivity index (χ0v) is 13.2. The minimum Gasteiger partial charge on any atom is -0.378 e. The van der Waals surface area contributed by atoms with Gasteiger partial charge in [-0.25, -0.2) is 0 Å². The Morgan fingerprint density at radius 1 is 1.11 bits per heavy atom. The Balaban J connectivity index is 1.81. The lowest BCUT2D eigenvalue weighted by atomic mass is 9.75. The minimum atomic E-state index is 0.543. The fourth-order valence-electron chi connectivity index (χ4n) is 3.78. The Morgan fingerprint density at radius 2 is 1.84 bits per heavy atom. The largest absolute Gasteiger partial charge is 0.378 e. The second kappa shape index (κ2) is 7.64. The fraction of sp³-hybridized carbons (Fsp3) is 1.00. The normalized spacial score (nSPS) is 36.6. The SMILES string of the molecule is CC(C)CNCC1CCCOC1C1CCC(C)CC1. The van der Waals surface area contributed by atoms with E-state index in [9.17, 15) is 0 Å². The zero-order valence-electron chi connectivity index (χ0n) is 13.2. The molecule has 0 amide bonds. The third-order valence-corrected chi connectivity index (χ3v) is 4.98. The lowest BCUT2D eigenvalue weighted by Crippen LogP contribution is -2.42. The number of ether oxygens (including phenoxy) is 1. The second-order valence-electron chi connectivity index (χ2n) is 7.31. The van der Waals surface area contributed by atoms with Crippen LogP contribution in [0.2, 0.25) is 0 Å². The van der Waals surface area contributed by atoms with Crippen molar-refractivity contribution in [2.24, 2.45) is 23.7 Å². The van der Waals surface area contributed by atoms with Gasteiger partial charge in [0, 0.05) is 13.2 Å². The molecule has 1 aliphatic carbocycles. The molecule has 2 aliphatic rings. The molecule has 1 saturated carbocycles. The summed E-state index contributed by atoms with van der Waals surface area (Å²) in [6.07, 6.45) is 8.78. The van der Waals surface area contributed by atoms with E-state index in [-0.39, 0.29) is 0 Å². The van der Waals surface area contributed by atoms with Gasteiger partial charge in [0.2, 0.25) is 0 Å². The third kappa shape index (κ3) is 4.75. The molecule has 1 N–H and O–H groups in total. The fourth-order valence-corrected chi connectivity index (χ4v) is 3.78. The average Bonchev–Trinajstić information content (AvgIpc) is 2.40. The molecule has 0 aromatic carbocycles. The van der Waals surface area contributed by atoms with Crippen LogP contribution in [0.25, 0.3) is 0 Å². The molecule has 2 unspecified atom stereocenters. The molecule has 0 radical (unpaired) electrons. The molecular weight excluding hydrogens is 234 g/mol. The zero-order chi connectivity index (χ0) is 13.7. The van der Waals surface area contributed by atoms with Crippen LogP contribution in [0, 0.1) is 23.7 Å². The lowest BCUT2D eigenvalue weighted by molar-refractivity contribution is -0.0703. The van der Waals surface area contributed by atoms with Gasteiger partial charge >= 0.3 is 0 Å². The Kier molecular flexibility index (Phi) is 6.15. The minimum absolute atomic E-state index is 0.543. The van der Waals surface area contributed by atoms with Gasteiger partial charge in [-0.2, -0.15) is 0 Å². The monoisotopic (exact) mass is 267 g/mol. The van der Waals surface area contributed by atoms with Gasteiger partial charge in [0.1, 0.15) is 0 Å². The molecular formula is C17H33NO. The van der Waals surface area contributed by atoms with Crippen molar-refractivity contribution in [3.63, 3.8) is 0 Å². The predicted molar refractivity (Wildman–Crippen MR) is 81.3 cm³/mol. The van der Waals surface area contributed by atoms with Crippen molar-refractivity contribution in [1.82, 2.24) is 5.32 Å². The lowest BCUT2D eigenvalue weighted by Gasteiger charge is -2.40. The van der Waals surface area contributed by atoms with Crippen LogP contribution in [-0.2, 0) is 4.74 Å². The molecule has 2 rings (SSSR count). The van der Waals surface area contributed by atoms with Gasteiger partial charge in [0.25, 0.3) is 0 Å². The van der Waals surface area contributed by atoms with Crippen molar-refractivity contribution in [3.05, 3.63) is 0 Å². The first-order chi connectivity index (χ1) is 9.16. The van der Waals surface area contributed by atoms with E-state index in [1.807, 2.05) is 0 Å². The molecule has 0 bridgehead atoms. The predicted octanol–water partition coefficient (Wildman–Crippen LogP) is 3.85. The van der Waals surface area contributed by atoms with E-state index in [2.05, 4.69) is 26.1 Å². The highest BCUT2D eigenvalue weighted by atomic mass is 16.5.